The fourth-order valence-electron chi connectivity index (χ4n) is 1.15. The van der Waals surface area contributed by atoms with Crippen molar-refractivity contribution in [1.82, 2.24) is 5.32 Å². The van der Waals surface area contributed by atoms with Crippen LogP contribution in [0, 0.1) is 0 Å². The van der Waals surface area contributed by atoms with Crippen LogP contribution in [-0.4, -0.2) is 36.2 Å². The van der Waals surface area contributed by atoms with Gasteiger partial charge in [0, 0.05) is 6.54 Å². The quantitative estimate of drug-likeness (QED) is 0.621. The van der Waals surface area contributed by atoms with Crippen molar-refractivity contribution in [3.63, 3.8) is 0 Å². The molecule has 0 amide bonds. The van der Waals surface area contributed by atoms with E-state index in [1.54, 1.807) is 0 Å². The number of esters is 2. The van der Waals surface area contributed by atoms with E-state index in [1.165, 1.54) is 0 Å². The van der Waals surface area contributed by atoms with Crippen molar-refractivity contribution in [2.45, 2.75) is 59.2 Å². The monoisotopic (exact) mass is 295 g/mol. The molecular formula is C13H26ClNO4. The highest BCUT2D eigenvalue weighted by molar-refractivity contribution is 5.85. The molecule has 0 aromatic rings. The molecule has 1 N–H and O–H groups in total. The minimum absolute atomic E-state index is 0. The minimum atomic E-state index is -0.482. The third-order valence-corrected chi connectivity index (χ3v) is 1.62. The highest BCUT2D eigenvalue weighted by Gasteiger charge is 2.17. The van der Waals surface area contributed by atoms with Crippen LogP contribution in [0.2, 0.25) is 0 Å². The molecule has 0 radical (unpaired) electrons. The van der Waals surface area contributed by atoms with Crippen molar-refractivity contribution in [3.05, 3.63) is 0 Å². The predicted molar refractivity (Wildman–Crippen MR) is 76.4 cm³/mol. The Kier molecular flexibility index (Phi) is 9.04. The summed E-state index contributed by atoms with van der Waals surface area (Å²) in [5.41, 5.74) is -0.952. The summed E-state index contributed by atoms with van der Waals surface area (Å²) in [6.07, 6.45) is 0.236. The number of rotatable bonds is 5. The molecule has 5 nitrogen and oxygen atoms in total. The van der Waals surface area contributed by atoms with Gasteiger partial charge in [-0.3, -0.25) is 9.59 Å². The standard InChI is InChI=1S/C13H25NO4.ClH/c1-12(2,3)17-10(15)7-8-14-9-11(16)18-13(4,5)6;/h14H,7-9H2,1-6H3;1H. The third kappa shape index (κ3) is 15.1. The first-order valence-corrected chi connectivity index (χ1v) is 6.14. The van der Waals surface area contributed by atoms with E-state index in [9.17, 15) is 9.59 Å². The number of ether oxygens (including phenoxy) is 2. The van der Waals surface area contributed by atoms with Crippen LogP contribution in [0.4, 0.5) is 0 Å². The molecule has 0 atom stereocenters. The van der Waals surface area contributed by atoms with Gasteiger partial charge in [-0.05, 0) is 41.5 Å². The maximum absolute atomic E-state index is 11.4. The van der Waals surface area contributed by atoms with Gasteiger partial charge in [-0.25, -0.2) is 0 Å². The summed E-state index contributed by atoms with van der Waals surface area (Å²) in [7, 11) is 0. The van der Waals surface area contributed by atoms with E-state index in [-0.39, 0.29) is 37.3 Å². The molecule has 0 bridgehead atoms. The van der Waals surface area contributed by atoms with E-state index in [2.05, 4.69) is 5.32 Å². The summed E-state index contributed by atoms with van der Waals surface area (Å²) in [6.45, 7) is 11.4. The van der Waals surface area contributed by atoms with Crippen molar-refractivity contribution in [2.75, 3.05) is 13.1 Å². The molecule has 0 spiro atoms. The number of nitrogens with one attached hydrogen (secondary N) is 1. The number of carbonyl (C=O) groups is 2. The van der Waals surface area contributed by atoms with Crippen LogP contribution < -0.4 is 5.32 Å². The molecule has 0 saturated carbocycles. The Morgan fingerprint density at radius 1 is 0.895 bits per heavy atom. The Morgan fingerprint density at radius 2 is 1.32 bits per heavy atom. The maximum atomic E-state index is 11.4. The molecule has 19 heavy (non-hydrogen) atoms. The first-order chi connectivity index (χ1) is 7.99. The lowest BCUT2D eigenvalue weighted by Crippen LogP contribution is -2.33. The molecule has 0 saturated heterocycles. The normalized spacial score (nSPS) is 11.5. The second-order valence-electron chi connectivity index (χ2n) is 6.10. The Morgan fingerprint density at radius 3 is 1.74 bits per heavy atom. The van der Waals surface area contributed by atoms with Crippen molar-refractivity contribution < 1.29 is 19.1 Å². The number of carbonyl (C=O) groups excluding carboxylic acids is 2. The lowest BCUT2D eigenvalue weighted by atomic mass is 10.2. The summed E-state index contributed by atoms with van der Waals surface area (Å²) in [6, 6.07) is 0. The summed E-state index contributed by atoms with van der Waals surface area (Å²) < 4.78 is 10.2. The molecule has 0 aliphatic heterocycles. The molecule has 0 aromatic carbocycles. The van der Waals surface area contributed by atoms with Crippen LogP contribution in [0.25, 0.3) is 0 Å². The van der Waals surface area contributed by atoms with Crippen LogP contribution >= 0.6 is 12.4 Å². The van der Waals surface area contributed by atoms with E-state index < -0.39 is 11.2 Å². The molecule has 0 aliphatic carbocycles. The van der Waals surface area contributed by atoms with E-state index >= 15 is 0 Å². The van der Waals surface area contributed by atoms with Gasteiger partial charge >= 0.3 is 11.9 Å². The van der Waals surface area contributed by atoms with Crippen LogP contribution in [0.5, 0.6) is 0 Å². The summed E-state index contributed by atoms with van der Waals surface area (Å²) in [4.78, 5) is 22.7. The highest BCUT2D eigenvalue weighted by atomic mass is 35.5. The molecule has 0 aromatic heterocycles. The Bertz CT molecular complexity index is 262. The zero-order valence-corrected chi connectivity index (χ0v) is 13.5. The van der Waals surface area contributed by atoms with Crippen LogP contribution in [0.1, 0.15) is 48.0 Å². The fraction of sp³-hybridized carbons (Fsp3) is 0.846. The smallest absolute Gasteiger partial charge is 0.320 e. The Labute approximate surface area is 121 Å². The van der Waals surface area contributed by atoms with Gasteiger partial charge < -0.3 is 14.8 Å². The van der Waals surface area contributed by atoms with Crippen molar-refractivity contribution in [3.8, 4) is 0 Å². The molecule has 0 aliphatic rings. The lowest BCUT2D eigenvalue weighted by Gasteiger charge is -2.20. The second-order valence-corrected chi connectivity index (χ2v) is 6.10. The molecule has 0 unspecified atom stereocenters. The molecular weight excluding hydrogens is 270 g/mol. The number of hydrogen-bond donors (Lipinski definition) is 1. The second kappa shape index (κ2) is 8.38. The lowest BCUT2D eigenvalue weighted by molar-refractivity contribution is -0.156. The topological polar surface area (TPSA) is 64.6 Å². The summed E-state index contributed by atoms with van der Waals surface area (Å²) in [5, 5.41) is 2.85. The largest absolute Gasteiger partial charge is 0.460 e. The summed E-state index contributed by atoms with van der Waals surface area (Å²) in [5.74, 6) is -0.606. The maximum Gasteiger partial charge on any atom is 0.320 e. The van der Waals surface area contributed by atoms with Crippen molar-refractivity contribution >= 4 is 24.3 Å². The van der Waals surface area contributed by atoms with E-state index in [1.807, 2.05) is 41.5 Å². The number of hydrogen-bond acceptors (Lipinski definition) is 5. The van der Waals surface area contributed by atoms with Gasteiger partial charge in [-0.1, -0.05) is 0 Å². The van der Waals surface area contributed by atoms with Gasteiger partial charge in [-0.2, -0.15) is 0 Å². The van der Waals surface area contributed by atoms with E-state index in [4.69, 9.17) is 9.47 Å². The van der Waals surface area contributed by atoms with Crippen LogP contribution in [0.3, 0.4) is 0 Å². The fourth-order valence-corrected chi connectivity index (χ4v) is 1.15. The van der Waals surface area contributed by atoms with Crippen molar-refractivity contribution in [2.24, 2.45) is 0 Å². The molecule has 6 heteroatoms. The van der Waals surface area contributed by atoms with Gasteiger partial charge in [0.25, 0.3) is 0 Å². The van der Waals surface area contributed by atoms with Gasteiger partial charge in [0.15, 0.2) is 0 Å². The Hall–Kier alpha value is -0.810. The molecule has 114 valence electrons. The van der Waals surface area contributed by atoms with E-state index in [0.29, 0.717) is 6.54 Å². The molecule has 0 rings (SSSR count). The zero-order valence-electron chi connectivity index (χ0n) is 12.7. The van der Waals surface area contributed by atoms with Crippen LogP contribution in [-0.2, 0) is 19.1 Å². The van der Waals surface area contributed by atoms with Gasteiger partial charge in [0.05, 0.1) is 13.0 Å². The van der Waals surface area contributed by atoms with E-state index in [0.717, 1.165) is 0 Å². The minimum Gasteiger partial charge on any atom is -0.460 e. The first-order valence-electron chi connectivity index (χ1n) is 6.14. The molecule has 0 fully saturated rings. The first kappa shape index (κ1) is 20.5. The average molecular weight is 296 g/mol. The van der Waals surface area contributed by atoms with Gasteiger partial charge in [0.2, 0.25) is 0 Å². The summed E-state index contributed by atoms with van der Waals surface area (Å²) >= 11 is 0. The Balaban J connectivity index is 0. The number of halogens is 1. The zero-order chi connectivity index (χ0) is 14.4. The van der Waals surface area contributed by atoms with Gasteiger partial charge in [0.1, 0.15) is 11.2 Å². The molecule has 0 heterocycles. The third-order valence-electron chi connectivity index (χ3n) is 1.62. The van der Waals surface area contributed by atoms with Gasteiger partial charge in [-0.15, -0.1) is 12.4 Å². The highest BCUT2D eigenvalue weighted by Crippen LogP contribution is 2.08. The van der Waals surface area contributed by atoms with Crippen LogP contribution in [0.15, 0.2) is 0 Å². The SMILES string of the molecule is CC(C)(C)OC(=O)CCNCC(=O)OC(C)(C)C.Cl. The van der Waals surface area contributed by atoms with Crippen molar-refractivity contribution in [1.29, 1.82) is 0 Å². The average Bonchev–Trinajstić information content (AvgIpc) is 2.06. The predicted octanol–water partition coefficient (Wildman–Crippen LogP) is 2.07.